The number of nitrogens with zero attached hydrogens (tertiary/aromatic N) is 4. The van der Waals surface area contributed by atoms with Crippen molar-refractivity contribution in [3.05, 3.63) is 47.9 Å². The molecule has 28 heavy (non-hydrogen) atoms. The van der Waals surface area contributed by atoms with Crippen LogP contribution in [-0.2, 0) is 6.54 Å². The van der Waals surface area contributed by atoms with Crippen LogP contribution in [0, 0.1) is 6.92 Å². The Kier molecular flexibility index (Phi) is 9.56. The molecule has 154 valence electrons. The molecule has 2 aromatic rings. The van der Waals surface area contributed by atoms with Crippen molar-refractivity contribution in [3.63, 3.8) is 0 Å². The first kappa shape index (κ1) is 22.5. The molecule has 0 spiro atoms. The number of ether oxygens (including phenoxy) is 1. The number of aryl methyl sites for hydroxylation is 1. The number of halogens is 1. The van der Waals surface area contributed by atoms with E-state index in [1.807, 2.05) is 24.3 Å². The summed E-state index contributed by atoms with van der Waals surface area (Å²) in [6.07, 6.45) is 1.63. The van der Waals surface area contributed by atoms with Crippen LogP contribution < -0.4 is 10.1 Å². The highest BCUT2D eigenvalue weighted by Crippen LogP contribution is 2.15. The lowest BCUT2D eigenvalue weighted by Crippen LogP contribution is -2.52. The summed E-state index contributed by atoms with van der Waals surface area (Å²) in [5.41, 5.74) is 2.13. The molecule has 7 nitrogen and oxygen atoms in total. The van der Waals surface area contributed by atoms with Crippen molar-refractivity contribution in [2.75, 3.05) is 45.9 Å². The minimum atomic E-state index is 0. The van der Waals surface area contributed by atoms with E-state index in [0.717, 1.165) is 62.2 Å². The molecule has 1 N–H and O–H groups in total. The molecule has 0 atom stereocenters. The van der Waals surface area contributed by atoms with Crippen LogP contribution in [0.4, 0.5) is 0 Å². The summed E-state index contributed by atoms with van der Waals surface area (Å²) in [7, 11) is 0. The van der Waals surface area contributed by atoms with Gasteiger partial charge in [0.25, 0.3) is 0 Å². The van der Waals surface area contributed by atoms with Crippen molar-refractivity contribution in [3.8, 4) is 5.75 Å². The van der Waals surface area contributed by atoms with Gasteiger partial charge in [-0.05, 0) is 25.5 Å². The first-order valence-electron chi connectivity index (χ1n) is 9.59. The fraction of sp³-hybridized carbons (Fsp3) is 0.500. The van der Waals surface area contributed by atoms with Crippen molar-refractivity contribution in [2.45, 2.75) is 20.4 Å². The smallest absolute Gasteiger partial charge is 0.194 e. The summed E-state index contributed by atoms with van der Waals surface area (Å²) in [5.74, 6) is 1.89. The van der Waals surface area contributed by atoms with Gasteiger partial charge >= 0.3 is 0 Å². The molecule has 1 aliphatic rings. The highest BCUT2D eigenvalue weighted by molar-refractivity contribution is 14.0. The van der Waals surface area contributed by atoms with Gasteiger partial charge in [0.05, 0.1) is 12.2 Å². The van der Waals surface area contributed by atoms with Crippen molar-refractivity contribution in [1.82, 2.24) is 20.3 Å². The number of aliphatic imine (C=N–C) groups is 1. The van der Waals surface area contributed by atoms with Crippen LogP contribution in [0.1, 0.15) is 18.2 Å². The molecular formula is C20H30IN5O2. The molecule has 0 amide bonds. The molecule has 1 aliphatic heterocycles. The van der Waals surface area contributed by atoms with E-state index in [2.05, 4.69) is 40.2 Å². The van der Waals surface area contributed by atoms with Gasteiger partial charge in [0, 0.05) is 45.3 Å². The van der Waals surface area contributed by atoms with Gasteiger partial charge < -0.3 is 19.5 Å². The molecule has 0 saturated carbocycles. The molecule has 1 saturated heterocycles. The summed E-state index contributed by atoms with van der Waals surface area (Å²) >= 11 is 0. The van der Waals surface area contributed by atoms with Crippen LogP contribution in [-0.4, -0.2) is 66.8 Å². The van der Waals surface area contributed by atoms with E-state index in [9.17, 15) is 0 Å². The van der Waals surface area contributed by atoms with E-state index in [4.69, 9.17) is 14.3 Å². The highest BCUT2D eigenvalue weighted by atomic mass is 127. The standard InChI is InChI=1S/C20H29N5O2.HI/c1-3-21-20(22-9-15-26-19-7-5-4-6-17(19)2)25-12-10-24(11-13-25)16-18-8-14-27-23-18;/h4-8,14H,3,9-13,15-16H2,1-2H3,(H,21,22);1H. The Balaban J connectivity index is 0.00000280. The maximum absolute atomic E-state index is 5.85. The van der Waals surface area contributed by atoms with Crippen LogP contribution >= 0.6 is 24.0 Å². The Hall–Kier alpha value is -1.81. The summed E-state index contributed by atoms with van der Waals surface area (Å²) in [6.45, 7) is 10.9. The van der Waals surface area contributed by atoms with E-state index < -0.39 is 0 Å². The SMILES string of the molecule is CCNC(=NCCOc1ccccc1C)N1CCN(Cc2ccon2)CC1.I. The van der Waals surface area contributed by atoms with Gasteiger partial charge in [-0.2, -0.15) is 0 Å². The third-order valence-corrected chi connectivity index (χ3v) is 4.59. The fourth-order valence-electron chi connectivity index (χ4n) is 3.12. The Morgan fingerprint density at radius 3 is 2.68 bits per heavy atom. The van der Waals surface area contributed by atoms with E-state index in [1.165, 1.54) is 0 Å². The number of piperazine rings is 1. The van der Waals surface area contributed by atoms with Crippen LogP contribution in [0.15, 0.2) is 46.1 Å². The first-order valence-corrected chi connectivity index (χ1v) is 9.59. The second kappa shape index (κ2) is 11.9. The number of hydrogen-bond donors (Lipinski definition) is 1. The predicted octanol–water partition coefficient (Wildman–Crippen LogP) is 2.76. The monoisotopic (exact) mass is 499 g/mol. The van der Waals surface area contributed by atoms with E-state index in [1.54, 1.807) is 6.26 Å². The first-order chi connectivity index (χ1) is 13.3. The molecule has 0 aliphatic carbocycles. The number of para-hydroxylation sites is 1. The topological polar surface area (TPSA) is 66.1 Å². The Morgan fingerprint density at radius 1 is 1.21 bits per heavy atom. The van der Waals surface area contributed by atoms with E-state index in [0.29, 0.717) is 13.2 Å². The molecule has 1 aromatic carbocycles. The number of nitrogens with one attached hydrogen (secondary N) is 1. The second-order valence-corrected chi connectivity index (χ2v) is 6.60. The minimum Gasteiger partial charge on any atom is -0.491 e. The lowest BCUT2D eigenvalue weighted by molar-refractivity contribution is 0.169. The van der Waals surface area contributed by atoms with Gasteiger partial charge in [-0.3, -0.25) is 4.90 Å². The number of hydrogen-bond acceptors (Lipinski definition) is 5. The minimum absolute atomic E-state index is 0. The van der Waals surface area contributed by atoms with Gasteiger partial charge in [-0.25, -0.2) is 4.99 Å². The zero-order chi connectivity index (χ0) is 18.9. The summed E-state index contributed by atoms with van der Waals surface area (Å²) in [4.78, 5) is 9.45. The normalized spacial score (nSPS) is 15.2. The molecule has 1 aromatic heterocycles. The van der Waals surface area contributed by atoms with Gasteiger partial charge in [0.2, 0.25) is 0 Å². The molecule has 8 heteroatoms. The fourth-order valence-corrected chi connectivity index (χ4v) is 3.12. The largest absolute Gasteiger partial charge is 0.491 e. The van der Waals surface area contributed by atoms with Crippen molar-refractivity contribution >= 4 is 29.9 Å². The second-order valence-electron chi connectivity index (χ2n) is 6.60. The quantitative estimate of drug-likeness (QED) is 0.274. The van der Waals surface area contributed by atoms with E-state index >= 15 is 0 Å². The number of aromatic nitrogens is 1. The predicted molar refractivity (Wildman–Crippen MR) is 121 cm³/mol. The van der Waals surface area contributed by atoms with Gasteiger partial charge in [-0.15, -0.1) is 24.0 Å². The molecular weight excluding hydrogens is 469 g/mol. The summed E-state index contributed by atoms with van der Waals surface area (Å²) in [5, 5.41) is 7.39. The average Bonchev–Trinajstić information content (AvgIpc) is 3.19. The highest BCUT2D eigenvalue weighted by Gasteiger charge is 2.20. The third kappa shape index (κ3) is 6.66. The maximum atomic E-state index is 5.85. The summed E-state index contributed by atoms with van der Waals surface area (Å²) in [6, 6.07) is 9.99. The Bertz CT molecular complexity index is 715. The Labute approximate surface area is 184 Å². The van der Waals surface area contributed by atoms with Crippen molar-refractivity contribution in [2.24, 2.45) is 4.99 Å². The van der Waals surface area contributed by atoms with Gasteiger partial charge in [-0.1, -0.05) is 23.4 Å². The molecule has 0 bridgehead atoms. The van der Waals surface area contributed by atoms with Crippen LogP contribution in [0.2, 0.25) is 0 Å². The lowest BCUT2D eigenvalue weighted by atomic mass is 10.2. The van der Waals surface area contributed by atoms with Crippen molar-refractivity contribution < 1.29 is 9.26 Å². The van der Waals surface area contributed by atoms with Gasteiger partial charge in [0.1, 0.15) is 18.6 Å². The van der Waals surface area contributed by atoms with Gasteiger partial charge in [0.15, 0.2) is 5.96 Å². The maximum Gasteiger partial charge on any atom is 0.194 e. The average molecular weight is 499 g/mol. The molecule has 0 unspecified atom stereocenters. The molecule has 2 heterocycles. The summed E-state index contributed by atoms with van der Waals surface area (Å²) < 4.78 is 10.8. The zero-order valence-corrected chi connectivity index (χ0v) is 19.0. The Morgan fingerprint density at radius 2 is 2.00 bits per heavy atom. The zero-order valence-electron chi connectivity index (χ0n) is 16.6. The van der Waals surface area contributed by atoms with Crippen LogP contribution in [0.25, 0.3) is 0 Å². The third-order valence-electron chi connectivity index (χ3n) is 4.59. The van der Waals surface area contributed by atoms with E-state index in [-0.39, 0.29) is 24.0 Å². The van der Waals surface area contributed by atoms with Crippen LogP contribution in [0.3, 0.4) is 0 Å². The molecule has 0 radical (unpaired) electrons. The number of rotatable bonds is 7. The lowest BCUT2D eigenvalue weighted by Gasteiger charge is -2.36. The molecule has 1 fully saturated rings. The molecule has 3 rings (SSSR count). The van der Waals surface area contributed by atoms with Crippen molar-refractivity contribution in [1.29, 1.82) is 0 Å². The number of benzene rings is 1. The van der Waals surface area contributed by atoms with Crippen LogP contribution in [0.5, 0.6) is 5.75 Å². The number of guanidine groups is 1.